The highest BCUT2D eigenvalue weighted by Crippen LogP contribution is 2.29. The van der Waals surface area contributed by atoms with E-state index in [4.69, 9.17) is 4.74 Å². The molecule has 1 saturated heterocycles. The second-order valence-corrected chi connectivity index (χ2v) is 5.63. The Morgan fingerprint density at radius 1 is 1.24 bits per heavy atom. The minimum atomic E-state index is -0.404. The summed E-state index contributed by atoms with van der Waals surface area (Å²) in [6.07, 6.45) is 1.69. The van der Waals surface area contributed by atoms with Gasteiger partial charge in [0.05, 0.1) is 0 Å². The zero-order valence-electron chi connectivity index (χ0n) is 12.2. The fourth-order valence-corrected chi connectivity index (χ4v) is 3.09. The van der Waals surface area contributed by atoms with Gasteiger partial charge < -0.3 is 15.0 Å². The van der Waals surface area contributed by atoms with E-state index < -0.39 is 6.10 Å². The molecule has 1 fully saturated rings. The monoisotopic (exact) mass is 288 g/mol. The van der Waals surface area contributed by atoms with Gasteiger partial charge in [0.2, 0.25) is 5.91 Å². The van der Waals surface area contributed by atoms with Gasteiger partial charge in [-0.2, -0.15) is 0 Å². The van der Waals surface area contributed by atoms with Gasteiger partial charge in [-0.05, 0) is 24.5 Å². The summed E-state index contributed by atoms with van der Waals surface area (Å²) in [5.74, 6) is 0.963. The number of nitrogens with zero attached hydrogens (tertiary/aromatic N) is 1. The van der Waals surface area contributed by atoms with Crippen LogP contribution in [0.2, 0.25) is 0 Å². The summed E-state index contributed by atoms with van der Waals surface area (Å²) in [5, 5.41) is 2.68. The Kier molecular flexibility index (Phi) is 3.82. The highest BCUT2D eigenvalue weighted by Gasteiger charge is 2.34. The summed E-state index contributed by atoms with van der Waals surface area (Å²) >= 11 is 0. The second-order valence-electron chi connectivity index (χ2n) is 5.63. The molecule has 2 aliphatic heterocycles. The summed E-state index contributed by atoms with van der Waals surface area (Å²) in [6.45, 7) is 1.26. The van der Waals surface area contributed by atoms with Gasteiger partial charge in [0.1, 0.15) is 5.75 Å². The first-order valence-corrected chi connectivity index (χ1v) is 7.44. The molecule has 1 atom stereocenters. The van der Waals surface area contributed by atoms with Crippen molar-refractivity contribution >= 4 is 11.8 Å². The van der Waals surface area contributed by atoms with Crippen LogP contribution in [0.25, 0.3) is 0 Å². The van der Waals surface area contributed by atoms with E-state index in [2.05, 4.69) is 5.32 Å². The molecule has 0 bridgehead atoms. The van der Waals surface area contributed by atoms with Crippen molar-refractivity contribution in [1.29, 1.82) is 0 Å². The van der Waals surface area contributed by atoms with Crippen LogP contribution in [0.4, 0.5) is 0 Å². The molecule has 1 unspecified atom stereocenters. The van der Waals surface area contributed by atoms with Crippen LogP contribution in [-0.4, -0.2) is 43.0 Å². The van der Waals surface area contributed by atoms with E-state index in [-0.39, 0.29) is 17.7 Å². The van der Waals surface area contributed by atoms with Crippen molar-refractivity contribution in [3.8, 4) is 5.75 Å². The van der Waals surface area contributed by atoms with Crippen LogP contribution in [0.1, 0.15) is 18.4 Å². The van der Waals surface area contributed by atoms with Crippen LogP contribution in [0.3, 0.4) is 0 Å². The third kappa shape index (κ3) is 2.73. The third-order valence-corrected chi connectivity index (χ3v) is 4.35. The van der Waals surface area contributed by atoms with Crippen LogP contribution in [0.5, 0.6) is 5.75 Å². The number of carbonyl (C=O) groups is 2. The number of fused-ring (bicyclic) bond motifs is 1. The molecule has 21 heavy (non-hydrogen) atoms. The molecule has 1 aromatic rings. The number of piperidine rings is 1. The highest BCUT2D eigenvalue weighted by molar-refractivity contribution is 5.83. The molecule has 0 aromatic heterocycles. The van der Waals surface area contributed by atoms with Crippen LogP contribution in [-0.2, 0) is 16.0 Å². The fraction of sp³-hybridized carbons (Fsp3) is 0.500. The molecule has 5 heteroatoms. The lowest BCUT2D eigenvalue weighted by Gasteiger charge is -2.32. The van der Waals surface area contributed by atoms with E-state index in [1.54, 1.807) is 7.05 Å². The van der Waals surface area contributed by atoms with Gasteiger partial charge in [-0.25, -0.2) is 0 Å². The molecule has 0 radical (unpaired) electrons. The molecule has 0 aliphatic carbocycles. The molecular formula is C16H20N2O3. The maximum atomic E-state index is 12.5. The van der Waals surface area contributed by atoms with Gasteiger partial charge >= 0.3 is 0 Å². The first kappa shape index (κ1) is 13.9. The third-order valence-electron chi connectivity index (χ3n) is 4.35. The van der Waals surface area contributed by atoms with Crippen molar-refractivity contribution in [2.45, 2.75) is 25.4 Å². The van der Waals surface area contributed by atoms with Gasteiger partial charge in [-0.15, -0.1) is 0 Å². The minimum absolute atomic E-state index is 0.0285. The number of hydrogen-bond acceptors (Lipinski definition) is 3. The summed E-state index contributed by atoms with van der Waals surface area (Å²) in [6, 6.07) is 7.78. The van der Waals surface area contributed by atoms with Crippen molar-refractivity contribution in [3.63, 3.8) is 0 Å². The first-order chi connectivity index (χ1) is 10.2. The lowest BCUT2D eigenvalue weighted by Crippen LogP contribution is -2.47. The van der Waals surface area contributed by atoms with Crippen molar-refractivity contribution in [3.05, 3.63) is 29.8 Å². The Bertz CT molecular complexity index is 525. The second kappa shape index (κ2) is 5.76. The number of benzene rings is 1. The number of nitrogens with one attached hydrogen (secondary N) is 1. The maximum Gasteiger partial charge on any atom is 0.263 e. The number of ether oxygens (including phenoxy) is 1. The molecule has 112 valence electrons. The molecular weight excluding hydrogens is 268 g/mol. The lowest BCUT2D eigenvalue weighted by molar-refractivity contribution is -0.141. The maximum absolute atomic E-state index is 12.5. The summed E-state index contributed by atoms with van der Waals surface area (Å²) in [7, 11) is 1.66. The number of hydrogen-bond donors (Lipinski definition) is 1. The van der Waals surface area contributed by atoms with Crippen LogP contribution < -0.4 is 10.1 Å². The average Bonchev–Trinajstić information content (AvgIpc) is 2.97. The quantitative estimate of drug-likeness (QED) is 0.882. The number of likely N-dealkylation sites (tertiary alicyclic amines) is 1. The summed E-state index contributed by atoms with van der Waals surface area (Å²) in [4.78, 5) is 26.0. The van der Waals surface area contributed by atoms with Crippen LogP contribution in [0, 0.1) is 5.92 Å². The topological polar surface area (TPSA) is 58.6 Å². The van der Waals surface area contributed by atoms with E-state index in [1.807, 2.05) is 29.2 Å². The lowest BCUT2D eigenvalue weighted by atomic mass is 9.95. The highest BCUT2D eigenvalue weighted by atomic mass is 16.5. The van der Waals surface area contributed by atoms with Gasteiger partial charge in [-0.3, -0.25) is 9.59 Å². The van der Waals surface area contributed by atoms with Crippen molar-refractivity contribution in [2.24, 2.45) is 5.92 Å². The fourth-order valence-electron chi connectivity index (χ4n) is 3.09. The summed E-state index contributed by atoms with van der Waals surface area (Å²) < 4.78 is 5.75. The molecule has 0 spiro atoms. The zero-order valence-corrected chi connectivity index (χ0v) is 12.2. The van der Waals surface area contributed by atoms with E-state index in [1.165, 1.54) is 0 Å². The largest absolute Gasteiger partial charge is 0.480 e. The Morgan fingerprint density at radius 3 is 2.62 bits per heavy atom. The molecule has 3 rings (SSSR count). The van der Waals surface area contributed by atoms with Gasteiger partial charge in [0.25, 0.3) is 5.91 Å². The first-order valence-electron chi connectivity index (χ1n) is 7.44. The van der Waals surface area contributed by atoms with Crippen molar-refractivity contribution < 1.29 is 14.3 Å². The predicted molar refractivity (Wildman–Crippen MR) is 77.9 cm³/mol. The van der Waals surface area contributed by atoms with Crippen molar-refractivity contribution in [1.82, 2.24) is 10.2 Å². The number of rotatable bonds is 2. The van der Waals surface area contributed by atoms with Gasteiger partial charge in [0.15, 0.2) is 6.10 Å². The molecule has 1 aromatic carbocycles. The average molecular weight is 288 g/mol. The van der Waals surface area contributed by atoms with E-state index >= 15 is 0 Å². The van der Waals surface area contributed by atoms with Gasteiger partial charge in [-0.1, -0.05) is 18.2 Å². The van der Waals surface area contributed by atoms with Crippen LogP contribution >= 0.6 is 0 Å². The number of amides is 2. The number of para-hydroxylation sites is 1. The molecule has 2 heterocycles. The molecule has 0 saturated carbocycles. The number of carbonyl (C=O) groups excluding carboxylic acids is 2. The molecule has 5 nitrogen and oxygen atoms in total. The standard InChI is InChI=1S/C16H20N2O3/c1-17-15(19)11-6-8-18(9-7-11)16(20)14-10-12-4-2-3-5-13(12)21-14/h2-5,11,14H,6-10H2,1H3,(H,17,19). The minimum Gasteiger partial charge on any atom is -0.480 e. The molecule has 2 amide bonds. The Hall–Kier alpha value is -2.04. The van der Waals surface area contributed by atoms with Crippen molar-refractivity contribution in [2.75, 3.05) is 20.1 Å². The van der Waals surface area contributed by atoms with E-state index in [0.717, 1.165) is 24.2 Å². The Balaban J connectivity index is 1.57. The Morgan fingerprint density at radius 2 is 1.95 bits per heavy atom. The van der Waals surface area contributed by atoms with Crippen LogP contribution in [0.15, 0.2) is 24.3 Å². The van der Waals surface area contributed by atoms with Gasteiger partial charge in [0, 0.05) is 32.5 Å². The SMILES string of the molecule is CNC(=O)C1CCN(C(=O)C2Cc3ccccc3O2)CC1. The molecule has 2 aliphatic rings. The smallest absolute Gasteiger partial charge is 0.263 e. The predicted octanol–water partition coefficient (Wildman–Crippen LogP) is 0.975. The zero-order chi connectivity index (χ0) is 14.8. The Labute approximate surface area is 124 Å². The normalized spacial score (nSPS) is 21.6. The van der Waals surface area contributed by atoms with E-state index in [0.29, 0.717) is 19.5 Å². The van der Waals surface area contributed by atoms with E-state index in [9.17, 15) is 9.59 Å². The molecule has 1 N–H and O–H groups in total. The summed E-state index contributed by atoms with van der Waals surface area (Å²) in [5.41, 5.74) is 1.09.